The molecule has 96 valence electrons. The van der Waals surface area contributed by atoms with Crippen LogP contribution < -0.4 is 5.73 Å². The number of aryl methyl sites for hydroxylation is 1. The Morgan fingerprint density at radius 3 is 2.94 bits per heavy atom. The van der Waals surface area contributed by atoms with E-state index in [-0.39, 0.29) is 5.78 Å². The van der Waals surface area contributed by atoms with Crippen molar-refractivity contribution < 1.29 is 4.79 Å². The summed E-state index contributed by atoms with van der Waals surface area (Å²) in [5, 5.41) is 4.17. The number of nitrogens with zero attached hydrogens (tertiary/aromatic N) is 2. The summed E-state index contributed by atoms with van der Waals surface area (Å²) in [6.07, 6.45) is 7.05. The summed E-state index contributed by atoms with van der Waals surface area (Å²) in [6.45, 7) is 5.80. The fraction of sp³-hybridized carbons (Fsp3) is 0.692. The Morgan fingerprint density at radius 1 is 1.53 bits per heavy atom. The summed E-state index contributed by atoms with van der Waals surface area (Å²) in [5.74, 6) is 0.714. The van der Waals surface area contributed by atoms with Gasteiger partial charge in [0.1, 0.15) is 0 Å². The number of nitrogens with two attached hydrogens (primary N) is 1. The van der Waals surface area contributed by atoms with E-state index in [0.29, 0.717) is 18.9 Å². The zero-order valence-corrected chi connectivity index (χ0v) is 10.9. The average molecular weight is 237 g/mol. The van der Waals surface area contributed by atoms with Crippen LogP contribution >= 0.6 is 0 Å². The number of aromatic nitrogens is 2. The highest BCUT2D eigenvalue weighted by Gasteiger charge is 2.10. The second kappa shape index (κ2) is 7.22. The molecule has 0 aliphatic heterocycles. The van der Waals surface area contributed by atoms with Gasteiger partial charge in [-0.25, -0.2) is 0 Å². The van der Waals surface area contributed by atoms with Gasteiger partial charge in [0, 0.05) is 19.2 Å². The third-order valence-electron chi connectivity index (χ3n) is 2.93. The Morgan fingerprint density at radius 2 is 2.29 bits per heavy atom. The van der Waals surface area contributed by atoms with E-state index in [1.807, 2.05) is 10.9 Å². The number of carbonyl (C=O) groups is 1. The van der Waals surface area contributed by atoms with Crippen molar-refractivity contribution in [3.05, 3.63) is 18.0 Å². The van der Waals surface area contributed by atoms with Crippen molar-refractivity contribution in [3.8, 4) is 0 Å². The van der Waals surface area contributed by atoms with Gasteiger partial charge in [0.2, 0.25) is 0 Å². The molecule has 17 heavy (non-hydrogen) atoms. The van der Waals surface area contributed by atoms with Crippen LogP contribution in [0, 0.1) is 5.92 Å². The summed E-state index contributed by atoms with van der Waals surface area (Å²) >= 11 is 0. The van der Waals surface area contributed by atoms with Crippen LogP contribution in [0.1, 0.15) is 49.9 Å². The minimum absolute atomic E-state index is 0.191. The largest absolute Gasteiger partial charge is 0.330 e. The molecule has 0 aromatic carbocycles. The molecule has 0 amide bonds. The van der Waals surface area contributed by atoms with E-state index in [1.54, 1.807) is 6.20 Å². The Kier molecular flexibility index (Phi) is 5.91. The molecule has 0 fully saturated rings. The standard InChI is InChI=1S/C13H23N3O/c1-3-8-16-10-12(9-15-16)13(17)5-4-11(2)6-7-14/h9-11H,3-8,14H2,1-2H3. The summed E-state index contributed by atoms with van der Waals surface area (Å²) in [4.78, 5) is 11.9. The maximum Gasteiger partial charge on any atom is 0.166 e. The highest BCUT2D eigenvalue weighted by molar-refractivity contribution is 5.95. The van der Waals surface area contributed by atoms with Crippen LogP contribution in [0.3, 0.4) is 0 Å². The van der Waals surface area contributed by atoms with Crippen molar-refractivity contribution in [2.75, 3.05) is 6.54 Å². The van der Waals surface area contributed by atoms with E-state index < -0.39 is 0 Å². The second-order valence-corrected chi connectivity index (χ2v) is 4.64. The molecule has 1 aromatic rings. The molecular formula is C13H23N3O. The van der Waals surface area contributed by atoms with Crippen LogP contribution in [0.2, 0.25) is 0 Å². The maximum absolute atomic E-state index is 11.9. The molecule has 0 bridgehead atoms. The van der Waals surface area contributed by atoms with Gasteiger partial charge in [0.15, 0.2) is 5.78 Å². The van der Waals surface area contributed by atoms with Gasteiger partial charge in [0.25, 0.3) is 0 Å². The Hall–Kier alpha value is -1.16. The Bertz CT molecular complexity index is 346. The number of hydrogen-bond donors (Lipinski definition) is 1. The molecule has 4 heteroatoms. The summed E-state index contributed by atoms with van der Waals surface area (Å²) < 4.78 is 1.83. The lowest BCUT2D eigenvalue weighted by atomic mass is 9.99. The molecule has 0 aliphatic carbocycles. The molecule has 0 saturated carbocycles. The SMILES string of the molecule is CCCn1cc(C(=O)CCC(C)CCN)cn1. The first kappa shape index (κ1) is 13.9. The first-order valence-electron chi connectivity index (χ1n) is 6.43. The van der Waals surface area contributed by atoms with Crippen LogP contribution in [0.4, 0.5) is 0 Å². The van der Waals surface area contributed by atoms with Crippen LogP contribution in [0.25, 0.3) is 0 Å². The summed E-state index contributed by atoms with van der Waals surface area (Å²) in [5.41, 5.74) is 6.22. The maximum atomic E-state index is 11.9. The lowest BCUT2D eigenvalue weighted by molar-refractivity contribution is 0.0974. The number of hydrogen-bond acceptors (Lipinski definition) is 3. The van der Waals surface area contributed by atoms with Gasteiger partial charge in [-0.3, -0.25) is 9.48 Å². The fourth-order valence-corrected chi connectivity index (χ4v) is 1.81. The van der Waals surface area contributed by atoms with E-state index in [1.165, 1.54) is 0 Å². The molecule has 1 aromatic heterocycles. The van der Waals surface area contributed by atoms with Gasteiger partial charge in [0.05, 0.1) is 11.8 Å². The van der Waals surface area contributed by atoms with Gasteiger partial charge in [-0.05, 0) is 31.7 Å². The van der Waals surface area contributed by atoms with E-state index in [9.17, 15) is 4.79 Å². The van der Waals surface area contributed by atoms with Crippen molar-refractivity contribution >= 4 is 5.78 Å². The van der Waals surface area contributed by atoms with Crippen LogP contribution in [0.15, 0.2) is 12.4 Å². The summed E-state index contributed by atoms with van der Waals surface area (Å²) in [6, 6.07) is 0. The van der Waals surface area contributed by atoms with Gasteiger partial charge in [-0.1, -0.05) is 13.8 Å². The van der Waals surface area contributed by atoms with Crippen molar-refractivity contribution in [1.82, 2.24) is 9.78 Å². The Balaban J connectivity index is 2.40. The number of ketones is 1. The average Bonchev–Trinajstić information content (AvgIpc) is 2.75. The molecule has 1 heterocycles. The van der Waals surface area contributed by atoms with E-state index in [4.69, 9.17) is 5.73 Å². The minimum atomic E-state index is 0.191. The van der Waals surface area contributed by atoms with Crippen molar-refractivity contribution in [2.24, 2.45) is 11.7 Å². The number of Topliss-reactive ketones (excluding diaryl/α,β-unsaturated/α-hetero) is 1. The molecular weight excluding hydrogens is 214 g/mol. The lowest BCUT2D eigenvalue weighted by Crippen LogP contribution is -2.08. The number of rotatable bonds is 8. The predicted octanol–water partition coefficient (Wildman–Crippen LogP) is 2.24. The highest BCUT2D eigenvalue weighted by atomic mass is 16.1. The molecule has 0 spiro atoms. The van der Waals surface area contributed by atoms with Crippen LogP contribution in [0.5, 0.6) is 0 Å². The van der Waals surface area contributed by atoms with Gasteiger partial charge < -0.3 is 5.73 Å². The molecule has 1 rings (SSSR count). The predicted molar refractivity (Wildman–Crippen MR) is 68.9 cm³/mol. The first-order chi connectivity index (χ1) is 8.17. The molecule has 1 unspecified atom stereocenters. The van der Waals surface area contributed by atoms with Crippen LogP contribution in [-0.4, -0.2) is 22.1 Å². The first-order valence-corrected chi connectivity index (χ1v) is 6.43. The summed E-state index contributed by atoms with van der Waals surface area (Å²) in [7, 11) is 0. The van der Waals surface area contributed by atoms with Crippen LogP contribution in [-0.2, 0) is 6.54 Å². The van der Waals surface area contributed by atoms with Gasteiger partial charge in [-0.2, -0.15) is 5.10 Å². The smallest absolute Gasteiger partial charge is 0.166 e. The Labute approximate surface area is 103 Å². The third kappa shape index (κ3) is 4.69. The second-order valence-electron chi connectivity index (χ2n) is 4.64. The van der Waals surface area contributed by atoms with E-state index in [0.717, 1.165) is 31.4 Å². The monoisotopic (exact) mass is 237 g/mol. The lowest BCUT2D eigenvalue weighted by Gasteiger charge is -2.07. The van der Waals surface area contributed by atoms with E-state index >= 15 is 0 Å². The topological polar surface area (TPSA) is 60.9 Å². The highest BCUT2D eigenvalue weighted by Crippen LogP contribution is 2.12. The van der Waals surface area contributed by atoms with Gasteiger partial charge >= 0.3 is 0 Å². The molecule has 0 aliphatic rings. The fourth-order valence-electron chi connectivity index (χ4n) is 1.81. The molecule has 4 nitrogen and oxygen atoms in total. The minimum Gasteiger partial charge on any atom is -0.330 e. The molecule has 2 N–H and O–H groups in total. The zero-order valence-electron chi connectivity index (χ0n) is 10.9. The van der Waals surface area contributed by atoms with E-state index in [2.05, 4.69) is 18.9 Å². The molecule has 0 radical (unpaired) electrons. The van der Waals surface area contributed by atoms with Crippen molar-refractivity contribution in [1.29, 1.82) is 0 Å². The van der Waals surface area contributed by atoms with Crippen molar-refractivity contribution in [2.45, 2.75) is 46.1 Å². The van der Waals surface area contributed by atoms with Crippen molar-refractivity contribution in [3.63, 3.8) is 0 Å². The normalized spacial score (nSPS) is 12.6. The third-order valence-corrected chi connectivity index (χ3v) is 2.93. The molecule has 0 saturated heterocycles. The molecule has 1 atom stereocenters. The zero-order chi connectivity index (χ0) is 12.7. The quantitative estimate of drug-likeness (QED) is 0.705. The van der Waals surface area contributed by atoms with Gasteiger partial charge in [-0.15, -0.1) is 0 Å². The number of carbonyl (C=O) groups excluding carboxylic acids is 1.